The molecule has 0 saturated carbocycles. The summed E-state index contributed by atoms with van der Waals surface area (Å²) in [7, 11) is -3.59. The van der Waals surface area contributed by atoms with Gasteiger partial charge < -0.3 is 5.73 Å². The Morgan fingerprint density at radius 3 is 2.83 bits per heavy atom. The lowest BCUT2D eigenvalue weighted by Crippen LogP contribution is -2.28. The third kappa shape index (κ3) is 2.74. The molecule has 1 atom stereocenters. The first kappa shape index (κ1) is 12.7. The van der Waals surface area contributed by atoms with Gasteiger partial charge in [-0.05, 0) is 0 Å². The first-order valence-electron chi connectivity index (χ1n) is 5.23. The number of nitrogen functional groups attached to an aromatic ring is 1. The van der Waals surface area contributed by atoms with Gasteiger partial charge in [0.25, 0.3) is 0 Å². The van der Waals surface area contributed by atoms with Gasteiger partial charge in [-0.1, -0.05) is 0 Å². The standard InChI is InChI=1S/C9H13N5O3S/c10-7-2-12-5-13-9(7)14-3-6(1-8(14)15)4-18(11,16)17/h2,5-6H,1,3-4,10H2,(H2,11,16,17). The van der Waals surface area contributed by atoms with Gasteiger partial charge in [0, 0.05) is 18.9 Å². The van der Waals surface area contributed by atoms with E-state index in [1.807, 2.05) is 0 Å². The predicted octanol–water partition coefficient (Wildman–Crippen LogP) is -1.30. The van der Waals surface area contributed by atoms with Gasteiger partial charge in [-0.15, -0.1) is 0 Å². The van der Waals surface area contributed by atoms with Crippen molar-refractivity contribution in [3.8, 4) is 0 Å². The third-order valence-corrected chi connectivity index (χ3v) is 3.58. The molecule has 1 fully saturated rings. The summed E-state index contributed by atoms with van der Waals surface area (Å²) in [6.07, 6.45) is 2.80. The second-order valence-corrected chi connectivity index (χ2v) is 5.86. The molecular weight excluding hydrogens is 258 g/mol. The Kier molecular flexibility index (Phi) is 3.18. The summed E-state index contributed by atoms with van der Waals surface area (Å²) < 4.78 is 22.0. The van der Waals surface area contributed by atoms with E-state index >= 15 is 0 Å². The second-order valence-electron chi connectivity index (χ2n) is 4.21. The van der Waals surface area contributed by atoms with Crippen LogP contribution in [0.5, 0.6) is 0 Å². The number of aromatic nitrogens is 2. The van der Waals surface area contributed by atoms with Gasteiger partial charge in [-0.2, -0.15) is 0 Å². The third-order valence-electron chi connectivity index (χ3n) is 2.65. The molecule has 0 aromatic carbocycles. The van der Waals surface area contributed by atoms with E-state index in [4.69, 9.17) is 10.9 Å². The number of hydrogen-bond acceptors (Lipinski definition) is 6. The summed E-state index contributed by atoms with van der Waals surface area (Å²) in [4.78, 5) is 20.8. The number of amides is 1. The predicted molar refractivity (Wildman–Crippen MR) is 64.9 cm³/mol. The van der Waals surface area contributed by atoms with Crippen LogP contribution in [0.1, 0.15) is 6.42 Å². The molecule has 1 saturated heterocycles. The van der Waals surface area contributed by atoms with Crippen molar-refractivity contribution in [1.82, 2.24) is 9.97 Å². The highest BCUT2D eigenvalue weighted by Gasteiger charge is 2.34. The molecule has 0 aliphatic carbocycles. The molecule has 98 valence electrons. The second kappa shape index (κ2) is 4.50. The van der Waals surface area contributed by atoms with Crippen LogP contribution >= 0.6 is 0 Å². The largest absolute Gasteiger partial charge is 0.394 e. The maximum atomic E-state index is 11.8. The summed E-state index contributed by atoms with van der Waals surface area (Å²) in [5, 5.41) is 4.97. The van der Waals surface area contributed by atoms with Crippen molar-refractivity contribution in [2.45, 2.75) is 6.42 Å². The zero-order chi connectivity index (χ0) is 13.3. The van der Waals surface area contributed by atoms with Crippen molar-refractivity contribution in [3.05, 3.63) is 12.5 Å². The summed E-state index contributed by atoms with van der Waals surface area (Å²) in [5.74, 6) is -0.455. The minimum Gasteiger partial charge on any atom is -0.394 e. The molecule has 1 aliphatic rings. The van der Waals surface area contributed by atoms with Crippen LogP contribution in [0.4, 0.5) is 11.5 Å². The Hall–Kier alpha value is -1.74. The van der Waals surface area contributed by atoms with Crippen LogP contribution in [0.2, 0.25) is 0 Å². The quantitative estimate of drug-likeness (QED) is 0.702. The Morgan fingerprint density at radius 2 is 2.22 bits per heavy atom. The number of nitrogens with two attached hydrogens (primary N) is 2. The number of hydrogen-bond donors (Lipinski definition) is 2. The lowest BCUT2D eigenvalue weighted by atomic mass is 10.1. The molecule has 1 aromatic heterocycles. The van der Waals surface area contributed by atoms with Gasteiger partial charge in [0.2, 0.25) is 15.9 Å². The molecule has 8 nitrogen and oxygen atoms in total. The fourth-order valence-corrected chi connectivity index (χ4v) is 2.87. The summed E-state index contributed by atoms with van der Waals surface area (Å²) in [6, 6.07) is 0. The van der Waals surface area contributed by atoms with E-state index in [0.717, 1.165) is 0 Å². The lowest BCUT2D eigenvalue weighted by Gasteiger charge is -2.16. The topological polar surface area (TPSA) is 132 Å². The molecule has 9 heteroatoms. The molecule has 2 heterocycles. The molecule has 1 unspecified atom stereocenters. The number of carbonyl (C=O) groups excluding carboxylic acids is 1. The van der Waals surface area contributed by atoms with Gasteiger partial charge in [0.05, 0.1) is 17.6 Å². The zero-order valence-electron chi connectivity index (χ0n) is 9.48. The van der Waals surface area contributed by atoms with E-state index in [9.17, 15) is 13.2 Å². The molecule has 0 spiro atoms. The van der Waals surface area contributed by atoms with Gasteiger partial charge in [-0.25, -0.2) is 23.5 Å². The van der Waals surface area contributed by atoms with E-state index in [-0.39, 0.29) is 36.2 Å². The number of rotatable bonds is 3. The van der Waals surface area contributed by atoms with Gasteiger partial charge >= 0.3 is 0 Å². The number of primary sulfonamides is 1. The van der Waals surface area contributed by atoms with Crippen molar-refractivity contribution in [2.75, 3.05) is 22.9 Å². The fourth-order valence-electron chi connectivity index (χ4n) is 1.99. The normalized spacial score (nSPS) is 20.4. The van der Waals surface area contributed by atoms with E-state index in [2.05, 4.69) is 9.97 Å². The summed E-state index contributed by atoms with van der Waals surface area (Å²) in [6.45, 7) is 0.247. The SMILES string of the molecule is Nc1cncnc1N1CC(CS(N)(=O)=O)CC1=O. The van der Waals surface area contributed by atoms with E-state index < -0.39 is 10.0 Å². The van der Waals surface area contributed by atoms with E-state index in [1.165, 1.54) is 17.4 Å². The van der Waals surface area contributed by atoms with Crippen LogP contribution in [0.25, 0.3) is 0 Å². The Labute approximate surface area is 104 Å². The minimum atomic E-state index is -3.59. The minimum absolute atomic E-state index is 0.125. The first-order chi connectivity index (χ1) is 8.37. The average Bonchev–Trinajstić information content (AvgIpc) is 2.57. The van der Waals surface area contributed by atoms with Crippen molar-refractivity contribution in [1.29, 1.82) is 0 Å². The molecule has 0 bridgehead atoms. The van der Waals surface area contributed by atoms with Gasteiger partial charge in [0.1, 0.15) is 6.33 Å². The Balaban J connectivity index is 2.18. The maximum Gasteiger partial charge on any atom is 0.228 e. The first-order valence-corrected chi connectivity index (χ1v) is 6.94. The highest BCUT2D eigenvalue weighted by Crippen LogP contribution is 2.27. The van der Waals surface area contributed by atoms with Crippen LogP contribution in [0.15, 0.2) is 12.5 Å². The fraction of sp³-hybridized carbons (Fsp3) is 0.444. The average molecular weight is 271 g/mol. The monoisotopic (exact) mass is 271 g/mol. The molecule has 1 amide bonds. The van der Waals surface area contributed by atoms with Gasteiger partial charge in [-0.3, -0.25) is 9.69 Å². The van der Waals surface area contributed by atoms with Crippen LogP contribution in [0.3, 0.4) is 0 Å². The maximum absolute atomic E-state index is 11.8. The highest BCUT2D eigenvalue weighted by molar-refractivity contribution is 7.89. The molecule has 18 heavy (non-hydrogen) atoms. The van der Waals surface area contributed by atoms with Crippen molar-refractivity contribution in [2.24, 2.45) is 11.1 Å². The number of nitrogens with zero attached hydrogens (tertiary/aromatic N) is 3. The van der Waals surface area contributed by atoms with Crippen LogP contribution in [-0.2, 0) is 14.8 Å². The van der Waals surface area contributed by atoms with Crippen LogP contribution < -0.4 is 15.8 Å². The number of carbonyl (C=O) groups is 1. The summed E-state index contributed by atoms with van der Waals surface area (Å²) in [5.41, 5.74) is 5.95. The number of anilines is 2. The highest BCUT2D eigenvalue weighted by atomic mass is 32.2. The Bertz CT molecular complexity index is 573. The molecule has 1 aliphatic heterocycles. The van der Waals surface area contributed by atoms with E-state index in [1.54, 1.807) is 0 Å². The lowest BCUT2D eigenvalue weighted by molar-refractivity contribution is -0.117. The smallest absolute Gasteiger partial charge is 0.228 e. The van der Waals surface area contributed by atoms with Gasteiger partial charge in [0.15, 0.2) is 5.82 Å². The molecular formula is C9H13N5O3S. The molecule has 4 N–H and O–H groups in total. The van der Waals surface area contributed by atoms with Crippen molar-refractivity contribution < 1.29 is 13.2 Å². The van der Waals surface area contributed by atoms with Crippen LogP contribution in [-0.4, -0.2) is 36.6 Å². The Morgan fingerprint density at radius 1 is 1.50 bits per heavy atom. The van der Waals surface area contributed by atoms with E-state index in [0.29, 0.717) is 5.82 Å². The zero-order valence-corrected chi connectivity index (χ0v) is 10.3. The van der Waals surface area contributed by atoms with Crippen LogP contribution in [0, 0.1) is 5.92 Å². The number of sulfonamides is 1. The molecule has 2 rings (SSSR count). The van der Waals surface area contributed by atoms with Crippen molar-refractivity contribution >= 4 is 27.4 Å². The summed E-state index contributed by atoms with van der Waals surface area (Å²) >= 11 is 0. The molecule has 1 aromatic rings. The van der Waals surface area contributed by atoms with Crippen molar-refractivity contribution in [3.63, 3.8) is 0 Å². The molecule has 0 radical (unpaired) electrons.